The van der Waals surface area contributed by atoms with Crippen LogP contribution in [0.4, 0.5) is 0 Å². The van der Waals surface area contributed by atoms with Crippen molar-refractivity contribution < 1.29 is 5.11 Å². The maximum Gasteiger partial charge on any atom is 0.0870 e. The van der Waals surface area contributed by atoms with Crippen molar-refractivity contribution in [1.82, 2.24) is 10.2 Å². The fourth-order valence-corrected chi connectivity index (χ4v) is 4.03. The first-order valence-corrected chi connectivity index (χ1v) is 11.9. The number of rotatable bonds is 13. The molecule has 3 nitrogen and oxygen atoms in total. The highest BCUT2D eigenvalue weighted by Gasteiger charge is 2.26. The second-order valence-electron chi connectivity index (χ2n) is 9.05. The van der Waals surface area contributed by atoms with Gasteiger partial charge in [-0.2, -0.15) is 0 Å². The van der Waals surface area contributed by atoms with Gasteiger partial charge in [0.05, 0.1) is 12.3 Å². The predicted octanol–water partition coefficient (Wildman–Crippen LogP) is 5.64. The lowest BCUT2D eigenvalue weighted by Crippen LogP contribution is -2.52. The Kier molecular flexibility index (Phi) is 9.96. The molecule has 0 radical (unpaired) electrons. The standard InChI is InChI=1S/C29H38N2O/c1-24(2)20-21-30-29(28(32)19-18-25-12-6-3-7-13-25)31(22-26-14-8-4-9-15-26)23-27-16-10-5-11-17-27/h3-17,24,28-30,32H,18-23H2,1-2H3/t28-,29?/m1/s1. The maximum atomic E-state index is 11.4. The molecule has 0 aliphatic rings. The van der Waals surface area contributed by atoms with Crippen LogP contribution in [-0.2, 0) is 19.5 Å². The lowest BCUT2D eigenvalue weighted by atomic mass is 10.0. The van der Waals surface area contributed by atoms with Gasteiger partial charge in [0.2, 0.25) is 0 Å². The van der Waals surface area contributed by atoms with E-state index in [2.05, 4.69) is 109 Å². The number of hydrogen-bond donors (Lipinski definition) is 2. The van der Waals surface area contributed by atoms with Crippen molar-refractivity contribution in [3.63, 3.8) is 0 Å². The Bertz CT molecular complexity index is 826. The fourth-order valence-electron chi connectivity index (χ4n) is 4.03. The molecular formula is C29H38N2O. The molecule has 0 spiro atoms. The van der Waals surface area contributed by atoms with E-state index in [1.54, 1.807) is 0 Å². The third kappa shape index (κ3) is 8.23. The Morgan fingerprint density at radius 1 is 0.688 bits per heavy atom. The zero-order valence-corrected chi connectivity index (χ0v) is 19.5. The molecule has 3 rings (SSSR count). The zero-order chi connectivity index (χ0) is 22.6. The minimum absolute atomic E-state index is 0.113. The van der Waals surface area contributed by atoms with Crippen LogP contribution in [-0.4, -0.2) is 28.8 Å². The van der Waals surface area contributed by atoms with Crippen LogP contribution in [0.3, 0.4) is 0 Å². The average Bonchev–Trinajstić information content (AvgIpc) is 2.82. The van der Waals surface area contributed by atoms with E-state index in [0.29, 0.717) is 5.92 Å². The van der Waals surface area contributed by atoms with Gasteiger partial charge in [0.1, 0.15) is 0 Å². The second-order valence-corrected chi connectivity index (χ2v) is 9.05. The topological polar surface area (TPSA) is 35.5 Å². The van der Waals surface area contributed by atoms with Crippen LogP contribution < -0.4 is 5.32 Å². The van der Waals surface area contributed by atoms with Gasteiger partial charge in [-0.05, 0) is 48.4 Å². The molecule has 0 amide bonds. The smallest absolute Gasteiger partial charge is 0.0870 e. The normalized spacial score (nSPS) is 13.4. The number of nitrogens with zero attached hydrogens (tertiary/aromatic N) is 1. The first kappa shape index (κ1) is 24.2. The van der Waals surface area contributed by atoms with E-state index in [-0.39, 0.29) is 6.17 Å². The van der Waals surface area contributed by atoms with Gasteiger partial charge in [-0.1, -0.05) is 105 Å². The first-order chi connectivity index (χ1) is 15.6. The van der Waals surface area contributed by atoms with Gasteiger partial charge < -0.3 is 5.11 Å². The van der Waals surface area contributed by atoms with Gasteiger partial charge >= 0.3 is 0 Å². The van der Waals surface area contributed by atoms with Crippen molar-refractivity contribution in [2.75, 3.05) is 6.54 Å². The molecular weight excluding hydrogens is 392 g/mol. The monoisotopic (exact) mass is 430 g/mol. The van der Waals surface area contributed by atoms with Gasteiger partial charge in [-0.3, -0.25) is 10.2 Å². The summed E-state index contributed by atoms with van der Waals surface area (Å²) in [6.45, 7) is 6.96. The third-order valence-corrected chi connectivity index (χ3v) is 5.86. The Morgan fingerprint density at radius 3 is 1.62 bits per heavy atom. The van der Waals surface area contributed by atoms with Crippen molar-refractivity contribution in [3.05, 3.63) is 108 Å². The molecule has 170 valence electrons. The predicted molar refractivity (Wildman–Crippen MR) is 134 cm³/mol. The van der Waals surface area contributed by atoms with E-state index in [0.717, 1.165) is 38.9 Å². The number of aryl methyl sites for hydroxylation is 1. The van der Waals surface area contributed by atoms with Crippen LogP contribution >= 0.6 is 0 Å². The molecule has 3 aromatic rings. The quantitative estimate of drug-likeness (QED) is 0.344. The number of benzene rings is 3. The van der Waals surface area contributed by atoms with Crippen molar-refractivity contribution >= 4 is 0 Å². The molecule has 0 aliphatic carbocycles. The van der Waals surface area contributed by atoms with E-state index in [4.69, 9.17) is 0 Å². The van der Waals surface area contributed by atoms with Crippen molar-refractivity contribution in [2.45, 2.75) is 58.5 Å². The van der Waals surface area contributed by atoms with Gasteiger partial charge in [-0.25, -0.2) is 0 Å². The van der Waals surface area contributed by atoms with Crippen molar-refractivity contribution in [2.24, 2.45) is 5.92 Å². The lowest BCUT2D eigenvalue weighted by molar-refractivity contribution is 0.0150. The highest BCUT2D eigenvalue weighted by Crippen LogP contribution is 2.18. The highest BCUT2D eigenvalue weighted by atomic mass is 16.3. The molecule has 3 heteroatoms. The van der Waals surface area contributed by atoms with E-state index in [1.807, 2.05) is 6.07 Å². The fraction of sp³-hybridized carbons (Fsp3) is 0.379. The molecule has 32 heavy (non-hydrogen) atoms. The summed E-state index contributed by atoms with van der Waals surface area (Å²) in [5.74, 6) is 0.626. The molecule has 0 saturated heterocycles. The van der Waals surface area contributed by atoms with Crippen LogP contribution in [0.1, 0.15) is 43.4 Å². The molecule has 1 unspecified atom stereocenters. The molecule has 0 aliphatic heterocycles. The summed E-state index contributed by atoms with van der Waals surface area (Å²) in [7, 11) is 0. The highest BCUT2D eigenvalue weighted by molar-refractivity contribution is 5.18. The van der Waals surface area contributed by atoms with E-state index >= 15 is 0 Å². The second kappa shape index (κ2) is 13.2. The number of hydrogen-bond acceptors (Lipinski definition) is 3. The molecule has 2 atom stereocenters. The summed E-state index contributed by atoms with van der Waals surface area (Å²) in [5.41, 5.74) is 3.79. The molecule has 0 bridgehead atoms. The van der Waals surface area contributed by atoms with Gasteiger partial charge in [0.15, 0.2) is 0 Å². The molecule has 3 aromatic carbocycles. The Morgan fingerprint density at radius 2 is 1.16 bits per heavy atom. The van der Waals surface area contributed by atoms with Crippen LogP contribution in [0.5, 0.6) is 0 Å². The summed E-state index contributed by atoms with van der Waals surface area (Å²) in [4.78, 5) is 2.39. The maximum absolute atomic E-state index is 11.4. The molecule has 0 saturated carbocycles. The van der Waals surface area contributed by atoms with E-state index in [9.17, 15) is 5.11 Å². The van der Waals surface area contributed by atoms with Crippen LogP contribution in [0, 0.1) is 5.92 Å². The Balaban J connectivity index is 1.78. The number of aliphatic hydroxyl groups is 1. The minimum atomic E-state index is -0.463. The molecule has 0 heterocycles. The molecule has 2 N–H and O–H groups in total. The van der Waals surface area contributed by atoms with Crippen molar-refractivity contribution in [1.29, 1.82) is 0 Å². The summed E-state index contributed by atoms with van der Waals surface area (Å²) in [6, 6.07) is 31.6. The van der Waals surface area contributed by atoms with Crippen molar-refractivity contribution in [3.8, 4) is 0 Å². The van der Waals surface area contributed by atoms with Gasteiger partial charge in [0, 0.05) is 13.1 Å². The van der Waals surface area contributed by atoms with Crippen LogP contribution in [0.2, 0.25) is 0 Å². The molecule has 0 aromatic heterocycles. The third-order valence-electron chi connectivity index (χ3n) is 5.86. The largest absolute Gasteiger partial charge is 0.390 e. The Hall–Kier alpha value is -2.46. The first-order valence-electron chi connectivity index (χ1n) is 11.9. The van der Waals surface area contributed by atoms with Gasteiger partial charge in [0.25, 0.3) is 0 Å². The average molecular weight is 431 g/mol. The summed E-state index contributed by atoms with van der Waals surface area (Å²) >= 11 is 0. The van der Waals surface area contributed by atoms with E-state index < -0.39 is 6.10 Å². The Labute approximate surface area is 194 Å². The zero-order valence-electron chi connectivity index (χ0n) is 19.5. The van der Waals surface area contributed by atoms with Crippen LogP contribution in [0.25, 0.3) is 0 Å². The summed E-state index contributed by atoms with van der Waals surface area (Å²) in [5, 5.41) is 15.1. The summed E-state index contributed by atoms with van der Waals surface area (Å²) in [6.07, 6.45) is 2.11. The SMILES string of the molecule is CC(C)CCNC([C@H](O)CCc1ccccc1)N(Cc1ccccc1)Cc1ccccc1. The number of aliphatic hydroxyl groups excluding tert-OH is 1. The number of nitrogens with one attached hydrogen (secondary N) is 1. The van der Waals surface area contributed by atoms with E-state index in [1.165, 1.54) is 16.7 Å². The van der Waals surface area contributed by atoms with Gasteiger partial charge in [-0.15, -0.1) is 0 Å². The van der Waals surface area contributed by atoms with Crippen LogP contribution in [0.15, 0.2) is 91.0 Å². The lowest BCUT2D eigenvalue weighted by Gasteiger charge is -2.36. The summed E-state index contributed by atoms with van der Waals surface area (Å²) < 4.78 is 0. The minimum Gasteiger partial charge on any atom is -0.390 e. The molecule has 0 fully saturated rings.